The lowest BCUT2D eigenvalue weighted by Gasteiger charge is -2.02. The molecule has 0 heterocycles. The highest BCUT2D eigenvalue weighted by atomic mass is 32.5. The van der Waals surface area contributed by atoms with Crippen molar-refractivity contribution in [3.05, 3.63) is 0 Å². The summed E-state index contributed by atoms with van der Waals surface area (Å²) in [6.45, 7) is -1.43. The first-order valence-corrected chi connectivity index (χ1v) is 4.39. The lowest BCUT2D eigenvalue weighted by molar-refractivity contribution is 0.265. The van der Waals surface area contributed by atoms with Crippen LogP contribution in [0.1, 0.15) is 6.92 Å². The van der Waals surface area contributed by atoms with E-state index in [1.165, 1.54) is 0 Å². The number of hydrogen-bond donors (Lipinski definition) is 2. The summed E-state index contributed by atoms with van der Waals surface area (Å²) >= 11 is 4.08. The minimum absolute atomic E-state index is 0. The lowest BCUT2D eigenvalue weighted by Crippen LogP contribution is -1.84. The molecule has 0 saturated carbocycles. The molecule has 0 rings (SSSR count). The molecule has 8 heteroatoms. The average molecular weight is 196 g/mol. The highest BCUT2D eigenvalue weighted by molar-refractivity contribution is 8.06. The Kier molecular flexibility index (Phi) is 21.1. The van der Waals surface area contributed by atoms with Gasteiger partial charge >= 0.3 is 6.72 Å². The SMILES string of the molecule is CCOP(O)(O)=S.O.O.O. The first-order valence-electron chi connectivity index (χ1n) is 1.76. The molecule has 0 saturated heterocycles. The zero-order valence-electron chi connectivity index (χ0n) is 5.37. The van der Waals surface area contributed by atoms with Crippen LogP contribution in [-0.2, 0) is 16.3 Å². The Hall–Kier alpha value is 0.410. The molecular formula is C2H13O6PS. The lowest BCUT2D eigenvalue weighted by atomic mass is 10.9. The molecule has 8 N–H and O–H groups in total. The zero-order chi connectivity index (χ0) is 5.91. The Bertz CT molecular complexity index is 89.7. The molecule has 0 unspecified atom stereocenters. The van der Waals surface area contributed by atoms with E-state index in [1.807, 2.05) is 0 Å². The van der Waals surface area contributed by atoms with E-state index in [2.05, 4.69) is 16.3 Å². The Balaban J connectivity index is -0.0000000600. The highest BCUT2D eigenvalue weighted by Crippen LogP contribution is 2.35. The van der Waals surface area contributed by atoms with Crippen LogP contribution in [0, 0.1) is 0 Å². The summed E-state index contributed by atoms with van der Waals surface area (Å²) in [6.07, 6.45) is 0. The van der Waals surface area contributed by atoms with Gasteiger partial charge < -0.3 is 30.7 Å². The van der Waals surface area contributed by atoms with Gasteiger partial charge in [0.05, 0.1) is 6.61 Å². The van der Waals surface area contributed by atoms with Crippen LogP contribution >= 0.6 is 6.72 Å². The topological polar surface area (TPSA) is 144 Å². The van der Waals surface area contributed by atoms with Crippen LogP contribution < -0.4 is 0 Å². The van der Waals surface area contributed by atoms with Gasteiger partial charge in [-0.15, -0.1) is 0 Å². The van der Waals surface area contributed by atoms with Crippen LogP contribution in [0.15, 0.2) is 0 Å². The molecule has 0 aromatic rings. The van der Waals surface area contributed by atoms with Gasteiger partial charge in [0.25, 0.3) is 0 Å². The van der Waals surface area contributed by atoms with E-state index in [0.29, 0.717) is 0 Å². The predicted octanol–water partition coefficient (Wildman–Crippen LogP) is -2.24. The number of hydrogen-bond acceptors (Lipinski definition) is 2. The van der Waals surface area contributed by atoms with E-state index in [9.17, 15) is 0 Å². The van der Waals surface area contributed by atoms with Crippen molar-refractivity contribution in [1.29, 1.82) is 0 Å². The second kappa shape index (κ2) is 9.41. The maximum atomic E-state index is 8.28. The van der Waals surface area contributed by atoms with Gasteiger partial charge in [0, 0.05) is 0 Å². The van der Waals surface area contributed by atoms with Crippen molar-refractivity contribution >= 4 is 18.5 Å². The quantitative estimate of drug-likeness (QED) is 0.481. The third-order valence-electron chi connectivity index (χ3n) is 0.297. The third kappa shape index (κ3) is 23.7. The van der Waals surface area contributed by atoms with E-state index >= 15 is 0 Å². The van der Waals surface area contributed by atoms with Crippen molar-refractivity contribution in [2.24, 2.45) is 0 Å². The molecule has 0 atom stereocenters. The molecular weight excluding hydrogens is 183 g/mol. The Morgan fingerprint density at radius 2 is 1.60 bits per heavy atom. The highest BCUT2D eigenvalue weighted by Gasteiger charge is 2.03. The summed E-state index contributed by atoms with van der Waals surface area (Å²) in [4.78, 5) is 16.6. The van der Waals surface area contributed by atoms with Gasteiger partial charge in [0.1, 0.15) is 0 Å². The fourth-order valence-electron chi connectivity index (χ4n) is 0.168. The second-order valence-electron chi connectivity index (χ2n) is 0.908. The first-order chi connectivity index (χ1) is 3.06. The summed E-state index contributed by atoms with van der Waals surface area (Å²) in [6, 6.07) is 0. The maximum absolute atomic E-state index is 8.28. The Morgan fingerprint density at radius 1 is 1.30 bits per heavy atom. The van der Waals surface area contributed by atoms with Gasteiger partial charge in [0.15, 0.2) is 0 Å². The van der Waals surface area contributed by atoms with Gasteiger partial charge in [-0.05, 0) is 18.7 Å². The fourth-order valence-corrected chi connectivity index (χ4v) is 0.821. The van der Waals surface area contributed by atoms with E-state index in [0.717, 1.165) is 0 Å². The third-order valence-corrected chi connectivity index (χ3v) is 1.21. The molecule has 0 fully saturated rings. The molecule has 0 aliphatic heterocycles. The van der Waals surface area contributed by atoms with Crippen molar-refractivity contribution in [2.45, 2.75) is 6.92 Å². The fraction of sp³-hybridized carbons (Fsp3) is 1.00. The minimum Gasteiger partial charge on any atom is -0.412 e. The summed E-state index contributed by atoms with van der Waals surface area (Å²) < 4.78 is 4.27. The van der Waals surface area contributed by atoms with E-state index in [-0.39, 0.29) is 23.0 Å². The molecule has 0 bridgehead atoms. The average Bonchev–Trinajstić information content (AvgIpc) is 1.30. The van der Waals surface area contributed by atoms with Crippen LogP contribution in [0.2, 0.25) is 0 Å². The van der Waals surface area contributed by atoms with Gasteiger partial charge in [-0.2, -0.15) is 0 Å². The molecule has 0 radical (unpaired) electrons. The van der Waals surface area contributed by atoms with Crippen LogP contribution in [0.5, 0.6) is 0 Å². The number of rotatable bonds is 2. The van der Waals surface area contributed by atoms with E-state index < -0.39 is 6.72 Å². The smallest absolute Gasteiger partial charge is 0.321 e. The molecule has 0 aliphatic rings. The zero-order valence-corrected chi connectivity index (χ0v) is 7.08. The van der Waals surface area contributed by atoms with Crippen molar-refractivity contribution in [2.75, 3.05) is 6.61 Å². The van der Waals surface area contributed by atoms with Crippen molar-refractivity contribution < 1.29 is 30.7 Å². The molecule has 0 spiro atoms. The summed E-state index contributed by atoms with van der Waals surface area (Å²) in [7, 11) is 0. The van der Waals surface area contributed by atoms with Crippen LogP contribution in [-0.4, -0.2) is 32.8 Å². The van der Waals surface area contributed by atoms with E-state index in [4.69, 9.17) is 9.79 Å². The normalized spacial score (nSPS) is 8.30. The molecule has 0 aliphatic carbocycles. The second-order valence-corrected chi connectivity index (χ2v) is 3.57. The van der Waals surface area contributed by atoms with Crippen LogP contribution in [0.4, 0.5) is 0 Å². The maximum Gasteiger partial charge on any atom is 0.321 e. The monoisotopic (exact) mass is 196 g/mol. The van der Waals surface area contributed by atoms with Crippen molar-refractivity contribution in [3.63, 3.8) is 0 Å². The Morgan fingerprint density at radius 3 is 1.60 bits per heavy atom. The molecule has 68 valence electrons. The first kappa shape index (κ1) is 22.4. The summed E-state index contributed by atoms with van der Waals surface area (Å²) in [5, 5.41) is 0. The van der Waals surface area contributed by atoms with Gasteiger partial charge in [-0.3, -0.25) is 0 Å². The summed E-state index contributed by atoms with van der Waals surface area (Å²) in [5.74, 6) is 0. The van der Waals surface area contributed by atoms with Gasteiger partial charge in [0.2, 0.25) is 0 Å². The van der Waals surface area contributed by atoms with Crippen LogP contribution in [0.25, 0.3) is 0 Å². The predicted molar refractivity (Wildman–Crippen MR) is 41.2 cm³/mol. The molecule has 0 aromatic heterocycles. The van der Waals surface area contributed by atoms with Crippen molar-refractivity contribution in [3.8, 4) is 0 Å². The van der Waals surface area contributed by atoms with Gasteiger partial charge in [-0.1, -0.05) is 0 Å². The molecule has 0 amide bonds. The molecule has 10 heavy (non-hydrogen) atoms. The van der Waals surface area contributed by atoms with Gasteiger partial charge in [-0.25, -0.2) is 0 Å². The van der Waals surface area contributed by atoms with E-state index in [1.54, 1.807) is 6.92 Å². The van der Waals surface area contributed by atoms with Crippen LogP contribution in [0.3, 0.4) is 0 Å². The summed E-state index contributed by atoms with van der Waals surface area (Å²) in [5.41, 5.74) is 0. The van der Waals surface area contributed by atoms with Crippen molar-refractivity contribution in [1.82, 2.24) is 0 Å². The largest absolute Gasteiger partial charge is 0.412 e. The molecule has 0 aromatic carbocycles. The standard InChI is InChI=1S/C2H7O3PS.3H2O/c1-2-5-6(3,4)7;;;/h2H2,1H3,(H2,3,4,7);3*1H2. The molecule has 6 nitrogen and oxygen atoms in total. The Labute approximate surface area is 63.6 Å². The minimum atomic E-state index is -3.33.